The van der Waals surface area contributed by atoms with Crippen molar-refractivity contribution in [3.8, 4) is 0 Å². The first kappa shape index (κ1) is 14.3. The van der Waals surface area contributed by atoms with Crippen molar-refractivity contribution in [1.29, 1.82) is 0 Å². The van der Waals surface area contributed by atoms with E-state index in [0.29, 0.717) is 4.57 Å². The third kappa shape index (κ3) is 2.13. The molecule has 0 bridgehead atoms. The van der Waals surface area contributed by atoms with Gasteiger partial charge >= 0.3 is 11.9 Å². The van der Waals surface area contributed by atoms with Gasteiger partial charge in [0.15, 0.2) is 0 Å². The SMILES string of the molecule is Cn1c(N)c(C(CN)C(F)(F)F)c(=O)n(C)c1=O. The summed E-state index contributed by atoms with van der Waals surface area (Å²) < 4.78 is 39.6. The average Bonchev–Trinajstić information content (AvgIpc) is 2.27. The number of halogens is 3. The van der Waals surface area contributed by atoms with Gasteiger partial charge in [-0.2, -0.15) is 13.2 Å². The largest absolute Gasteiger partial charge is 0.397 e. The number of nitrogens with zero attached hydrogens (tertiary/aromatic N) is 2. The molecule has 1 unspecified atom stereocenters. The lowest BCUT2D eigenvalue weighted by Crippen LogP contribution is -2.44. The average molecular weight is 266 g/mol. The molecular weight excluding hydrogens is 253 g/mol. The third-order valence-corrected chi connectivity index (χ3v) is 2.73. The molecule has 0 spiro atoms. The van der Waals surface area contributed by atoms with Gasteiger partial charge in [0.2, 0.25) is 0 Å². The van der Waals surface area contributed by atoms with Crippen LogP contribution in [0.4, 0.5) is 19.0 Å². The number of nitrogen functional groups attached to an aromatic ring is 1. The van der Waals surface area contributed by atoms with Crippen LogP contribution in [-0.2, 0) is 14.1 Å². The summed E-state index contributed by atoms with van der Waals surface area (Å²) in [5.41, 5.74) is 7.90. The predicted molar refractivity (Wildman–Crippen MR) is 59.2 cm³/mol. The number of hydrogen-bond donors (Lipinski definition) is 2. The molecule has 0 aliphatic rings. The molecule has 0 amide bonds. The van der Waals surface area contributed by atoms with Gasteiger partial charge in [-0.05, 0) is 0 Å². The van der Waals surface area contributed by atoms with Crippen LogP contribution in [-0.4, -0.2) is 21.9 Å². The first-order valence-corrected chi connectivity index (χ1v) is 4.95. The lowest BCUT2D eigenvalue weighted by Gasteiger charge is -2.21. The zero-order valence-electron chi connectivity index (χ0n) is 9.78. The molecule has 0 saturated heterocycles. The monoisotopic (exact) mass is 266 g/mol. The number of aromatic nitrogens is 2. The van der Waals surface area contributed by atoms with E-state index in [-0.39, 0.29) is 0 Å². The molecule has 18 heavy (non-hydrogen) atoms. The van der Waals surface area contributed by atoms with Crippen LogP contribution in [0.15, 0.2) is 9.59 Å². The summed E-state index contributed by atoms with van der Waals surface area (Å²) in [5.74, 6) is -2.71. The molecule has 9 heteroatoms. The fourth-order valence-corrected chi connectivity index (χ4v) is 1.63. The zero-order valence-corrected chi connectivity index (χ0v) is 9.78. The Morgan fingerprint density at radius 2 is 1.72 bits per heavy atom. The third-order valence-electron chi connectivity index (χ3n) is 2.73. The molecule has 1 rings (SSSR count). The molecule has 102 valence electrons. The molecule has 0 saturated carbocycles. The predicted octanol–water partition coefficient (Wildman–Crippen LogP) is -0.729. The van der Waals surface area contributed by atoms with Gasteiger partial charge in [-0.25, -0.2) is 4.79 Å². The highest BCUT2D eigenvalue weighted by Crippen LogP contribution is 2.34. The van der Waals surface area contributed by atoms with E-state index in [1.807, 2.05) is 0 Å². The quantitative estimate of drug-likeness (QED) is 0.737. The van der Waals surface area contributed by atoms with E-state index in [4.69, 9.17) is 11.5 Å². The standard InChI is InChI=1S/C9H13F3N4O2/c1-15-6(14)5(4(3-13)9(10,11)12)7(17)16(2)8(15)18/h4H,3,13-14H2,1-2H3. The summed E-state index contributed by atoms with van der Waals surface area (Å²) in [5, 5.41) is 0. The van der Waals surface area contributed by atoms with Crippen molar-refractivity contribution in [2.45, 2.75) is 12.1 Å². The Balaban J connectivity index is 3.71. The maximum atomic E-state index is 12.8. The summed E-state index contributed by atoms with van der Waals surface area (Å²) in [7, 11) is 2.27. The molecule has 6 nitrogen and oxygen atoms in total. The topological polar surface area (TPSA) is 96.0 Å². The van der Waals surface area contributed by atoms with Crippen LogP contribution < -0.4 is 22.7 Å². The summed E-state index contributed by atoms with van der Waals surface area (Å²) in [6, 6.07) is 0. The van der Waals surface area contributed by atoms with Crippen molar-refractivity contribution in [3.05, 3.63) is 26.4 Å². The number of hydrogen-bond acceptors (Lipinski definition) is 4. The molecule has 0 fully saturated rings. The van der Waals surface area contributed by atoms with Gasteiger partial charge < -0.3 is 11.5 Å². The molecule has 0 aliphatic heterocycles. The Bertz CT molecular complexity index is 573. The van der Waals surface area contributed by atoms with Crippen molar-refractivity contribution < 1.29 is 13.2 Å². The maximum Gasteiger partial charge on any atom is 0.397 e. The minimum absolute atomic E-state index is 0.518. The second-order valence-corrected chi connectivity index (χ2v) is 3.83. The van der Waals surface area contributed by atoms with Crippen molar-refractivity contribution in [1.82, 2.24) is 9.13 Å². The van der Waals surface area contributed by atoms with Crippen molar-refractivity contribution >= 4 is 5.82 Å². The molecule has 1 heterocycles. The van der Waals surface area contributed by atoms with Crippen LogP contribution in [0.2, 0.25) is 0 Å². The summed E-state index contributed by atoms with van der Waals surface area (Å²) >= 11 is 0. The first-order chi connectivity index (χ1) is 8.12. The fraction of sp³-hybridized carbons (Fsp3) is 0.556. The van der Waals surface area contributed by atoms with Crippen molar-refractivity contribution in [2.24, 2.45) is 19.8 Å². The Hall–Kier alpha value is -1.77. The lowest BCUT2D eigenvalue weighted by atomic mass is 10.0. The second kappa shape index (κ2) is 4.48. The molecule has 0 aliphatic carbocycles. The number of alkyl halides is 3. The van der Waals surface area contributed by atoms with Crippen molar-refractivity contribution in [3.63, 3.8) is 0 Å². The molecule has 1 aromatic rings. The number of anilines is 1. The van der Waals surface area contributed by atoms with E-state index >= 15 is 0 Å². The summed E-state index contributed by atoms with van der Waals surface area (Å²) in [4.78, 5) is 23.2. The Morgan fingerprint density at radius 1 is 1.22 bits per heavy atom. The molecule has 1 aromatic heterocycles. The van der Waals surface area contributed by atoms with Crippen LogP contribution in [0.1, 0.15) is 11.5 Å². The second-order valence-electron chi connectivity index (χ2n) is 3.83. The zero-order chi connectivity index (χ0) is 14.2. The van der Waals surface area contributed by atoms with Gasteiger partial charge in [0.1, 0.15) is 11.7 Å². The van der Waals surface area contributed by atoms with Crippen molar-refractivity contribution in [2.75, 3.05) is 12.3 Å². The molecule has 0 radical (unpaired) electrons. The molecular formula is C9H13F3N4O2. The lowest BCUT2D eigenvalue weighted by molar-refractivity contribution is -0.148. The summed E-state index contributed by atoms with van der Waals surface area (Å²) in [6.07, 6.45) is -4.70. The normalized spacial score (nSPS) is 13.7. The minimum Gasteiger partial charge on any atom is -0.385 e. The number of rotatable bonds is 2. The Morgan fingerprint density at radius 3 is 2.11 bits per heavy atom. The van der Waals surface area contributed by atoms with Crippen LogP contribution in [0.25, 0.3) is 0 Å². The van der Waals surface area contributed by atoms with Gasteiger partial charge in [0.25, 0.3) is 5.56 Å². The summed E-state index contributed by atoms with van der Waals surface area (Å²) in [6.45, 7) is -0.818. The van der Waals surface area contributed by atoms with E-state index in [1.165, 1.54) is 7.05 Å². The fourth-order valence-electron chi connectivity index (χ4n) is 1.63. The highest BCUT2D eigenvalue weighted by molar-refractivity contribution is 5.42. The Kier molecular flexibility index (Phi) is 3.56. The molecule has 4 N–H and O–H groups in total. The van der Waals surface area contributed by atoms with E-state index in [0.717, 1.165) is 11.6 Å². The van der Waals surface area contributed by atoms with E-state index in [1.54, 1.807) is 0 Å². The minimum atomic E-state index is -4.70. The van der Waals surface area contributed by atoms with Gasteiger partial charge in [0, 0.05) is 20.6 Å². The maximum absolute atomic E-state index is 12.8. The van der Waals surface area contributed by atoms with Gasteiger partial charge in [-0.1, -0.05) is 0 Å². The highest BCUT2D eigenvalue weighted by atomic mass is 19.4. The highest BCUT2D eigenvalue weighted by Gasteiger charge is 2.43. The van der Waals surface area contributed by atoms with Crippen LogP contribution in [0, 0.1) is 0 Å². The van der Waals surface area contributed by atoms with E-state index in [2.05, 4.69) is 0 Å². The Labute approximate surface area is 99.6 Å². The van der Waals surface area contributed by atoms with Crippen LogP contribution in [0.5, 0.6) is 0 Å². The van der Waals surface area contributed by atoms with Gasteiger partial charge in [-0.15, -0.1) is 0 Å². The van der Waals surface area contributed by atoms with Crippen LogP contribution in [0.3, 0.4) is 0 Å². The molecule has 0 aromatic carbocycles. The van der Waals surface area contributed by atoms with E-state index < -0.39 is 41.3 Å². The first-order valence-electron chi connectivity index (χ1n) is 4.95. The van der Waals surface area contributed by atoms with Gasteiger partial charge in [-0.3, -0.25) is 13.9 Å². The smallest absolute Gasteiger partial charge is 0.385 e. The number of nitrogens with two attached hydrogens (primary N) is 2. The van der Waals surface area contributed by atoms with E-state index in [9.17, 15) is 22.8 Å². The van der Waals surface area contributed by atoms with Crippen LogP contribution >= 0.6 is 0 Å². The molecule has 1 atom stereocenters. The van der Waals surface area contributed by atoms with Gasteiger partial charge in [0.05, 0.1) is 5.56 Å².